The Morgan fingerprint density at radius 1 is 1.37 bits per heavy atom. The highest BCUT2D eigenvalue weighted by Gasteiger charge is 2.36. The lowest BCUT2D eigenvalue weighted by Gasteiger charge is -2.12. The fraction of sp³-hybridized carbons (Fsp3) is 0.571. The molecule has 0 radical (unpaired) electrons. The van der Waals surface area contributed by atoms with Crippen LogP contribution in [0.1, 0.15) is 31.4 Å². The molecule has 5 heteroatoms. The Labute approximate surface area is 115 Å². The largest absolute Gasteiger partial charge is 0.316 e. The molecule has 0 spiro atoms. The summed E-state index contributed by atoms with van der Waals surface area (Å²) in [4.78, 5) is 0.432. The van der Waals surface area contributed by atoms with E-state index in [0.29, 0.717) is 17.4 Å². The zero-order valence-electron chi connectivity index (χ0n) is 11.7. The van der Waals surface area contributed by atoms with Crippen molar-refractivity contribution in [1.82, 2.24) is 10.0 Å². The van der Waals surface area contributed by atoms with Gasteiger partial charge in [0, 0.05) is 12.6 Å². The van der Waals surface area contributed by atoms with Gasteiger partial charge >= 0.3 is 0 Å². The van der Waals surface area contributed by atoms with E-state index in [0.717, 1.165) is 24.0 Å². The second kappa shape index (κ2) is 5.61. The number of sulfonamides is 1. The number of aryl methyl sites for hydroxylation is 1. The van der Waals surface area contributed by atoms with E-state index in [1.54, 1.807) is 6.07 Å². The summed E-state index contributed by atoms with van der Waals surface area (Å²) in [5.74, 6) is 0.459. The fourth-order valence-electron chi connectivity index (χ4n) is 2.20. The van der Waals surface area contributed by atoms with Crippen molar-refractivity contribution in [3.8, 4) is 0 Å². The third-order valence-corrected chi connectivity index (χ3v) is 5.17. The van der Waals surface area contributed by atoms with Crippen LogP contribution < -0.4 is 10.0 Å². The summed E-state index contributed by atoms with van der Waals surface area (Å²) in [6, 6.07) is 5.79. The van der Waals surface area contributed by atoms with Crippen molar-refractivity contribution >= 4 is 10.0 Å². The molecule has 0 bridgehead atoms. The molecule has 0 amide bonds. The van der Waals surface area contributed by atoms with E-state index >= 15 is 0 Å². The van der Waals surface area contributed by atoms with Crippen LogP contribution in [0.4, 0.5) is 0 Å². The minimum Gasteiger partial charge on any atom is -0.316 e. The average Bonchev–Trinajstić information content (AvgIpc) is 3.04. The fourth-order valence-corrected chi connectivity index (χ4v) is 3.92. The van der Waals surface area contributed by atoms with E-state index in [2.05, 4.69) is 17.0 Å². The van der Waals surface area contributed by atoms with Crippen molar-refractivity contribution in [3.63, 3.8) is 0 Å². The van der Waals surface area contributed by atoms with E-state index in [-0.39, 0.29) is 6.04 Å². The SMILES string of the molecule is CCc1ccc(CNC)cc1S(=O)(=O)NC1CC1C. The Kier molecular flexibility index (Phi) is 4.28. The van der Waals surface area contributed by atoms with Gasteiger partial charge in [-0.3, -0.25) is 0 Å². The Balaban J connectivity index is 2.32. The van der Waals surface area contributed by atoms with Crippen LogP contribution in [0.3, 0.4) is 0 Å². The molecule has 19 heavy (non-hydrogen) atoms. The standard InChI is InChI=1S/C14H22N2O2S/c1-4-12-6-5-11(9-15-3)8-14(12)19(17,18)16-13-7-10(13)2/h5-6,8,10,13,15-16H,4,7,9H2,1-3H3. The Bertz CT molecular complexity index is 555. The molecule has 1 fully saturated rings. The highest BCUT2D eigenvalue weighted by Crippen LogP contribution is 2.31. The highest BCUT2D eigenvalue weighted by atomic mass is 32.2. The van der Waals surface area contributed by atoms with Gasteiger partial charge in [-0.2, -0.15) is 0 Å². The summed E-state index contributed by atoms with van der Waals surface area (Å²) < 4.78 is 27.7. The van der Waals surface area contributed by atoms with Crippen LogP contribution in [0.5, 0.6) is 0 Å². The number of benzene rings is 1. The summed E-state index contributed by atoms with van der Waals surface area (Å²) in [6.07, 6.45) is 1.66. The molecule has 0 aromatic heterocycles. The van der Waals surface area contributed by atoms with E-state index < -0.39 is 10.0 Å². The number of hydrogen-bond donors (Lipinski definition) is 2. The van der Waals surface area contributed by atoms with Crippen molar-refractivity contribution in [3.05, 3.63) is 29.3 Å². The van der Waals surface area contributed by atoms with Gasteiger partial charge in [-0.1, -0.05) is 26.0 Å². The van der Waals surface area contributed by atoms with Gasteiger partial charge in [0.05, 0.1) is 4.90 Å². The third kappa shape index (κ3) is 3.35. The van der Waals surface area contributed by atoms with Crippen LogP contribution in [-0.4, -0.2) is 21.5 Å². The van der Waals surface area contributed by atoms with Crippen molar-refractivity contribution in [1.29, 1.82) is 0 Å². The molecule has 1 aliphatic carbocycles. The van der Waals surface area contributed by atoms with Crippen molar-refractivity contribution in [2.24, 2.45) is 5.92 Å². The lowest BCUT2D eigenvalue weighted by Crippen LogP contribution is -2.28. The summed E-state index contributed by atoms with van der Waals surface area (Å²) in [7, 11) is -1.54. The average molecular weight is 282 g/mol. The zero-order valence-corrected chi connectivity index (χ0v) is 12.5. The molecule has 2 rings (SSSR count). The lowest BCUT2D eigenvalue weighted by molar-refractivity contribution is 0.577. The molecule has 2 atom stereocenters. The van der Waals surface area contributed by atoms with E-state index in [9.17, 15) is 8.42 Å². The second-order valence-corrected chi connectivity index (χ2v) is 6.95. The van der Waals surface area contributed by atoms with Crippen LogP contribution in [0.2, 0.25) is 0 Å². The molecule has 0 heterocycles. The second-order valence-electron chi connectivity index (χ2n) is 5.27. The summed E-state index contributed by atoms with van der Waals surface area (Å²) in [5, 5.41) is 3.05. The smallest absolute Gasteiger partial charge is 0.241 e. The molecule has 0 saturated heterocycles. The predicted molar refractivity (Wildman–Crippen MR) is 76.5 cm³/mol. The number of nitrogens with one attached hydrogen (secondary N) is 2. The topological polar surface area (TPSA) is 58.2 Å². The Morgan fingerprint density at radius 2 is 2.05 bits per heavy atom. The molecule has 1 aromatic carbocycles. The van der Waals surface area contributed by atoms with Crippen LogP contribution in [0.15, 0.2) is 23.1 Å². The van der Waals surface area contributed by atoms with Gasteiger partial charge in [0.1, 0.15) is 0 Å². The van der Waals surface area contributed by atoms with Crippen LogP contribution >= 0.6 is 0 Å². The maximum absolute atomic E-state index is 12.4. The van der Waals surface area contributed by atoms with Gasteiger partial charge in [-0.25, -0.2) is 13.1 Å². The minimum absolute atomic E-state index is 0.114. The number of hydrogen-bond acceptors (Lipinski definition) is 3. The molecule has 1 aliphatic rings. The summed E-state index contributed by atoms with van der Waals surface area (Å²) in [5.41, 5.74) is 1.87. The molecule has 0 aliphatic heterocycles. The van der Waals surface area contributed by atoms with Crippen LogP contribution in [0.25, 0.3) is 0 Å². The van der Waals surface area contributed by atoms with Crippen molar-refractivity contribution in [2.45, 2.75) is 44.2 Å². The van der Waals surface area contributed by atoms with Crippen molar-refractivity contribution < 1.29 is 8.42 Å². The first-order valence-corrected chi connectivity index (χ1v) is 8.25. The van der Waals surface area contributed by atoms with Gasteiger partial charge in [0.2, 0.25) is 10.0 Å². The maximum atomic E-state index is 12.4. The first kappa shape index (κ1) is 14.5. The van der Waals surface area contributed by atoms with E-state index in [1.807, 2.05) is 26.1 Å². The molecule has 4 nitrogen and oxygen atoms in total. The monoisotopic (exact) mass is 282 g/mol. The quantitative estimate of drug-likeness (QED) is 0.834. The summed E-state index contributed by atoms with van der Waals surface area (Å²) in [6.45, 7) is 4.71. The summed E-state index contributed by atoms with van der Waals surface area (Å²) >= 11 is 0. The van der Waals surface area contributed by atoms with Crippen LogP contribution in [-0.2, 0) is 23.0 Å². The van der Waals surface area contributed by atoms with Gasteiger partial charge in [-0.05, 0) is 43.0 Å². The molecule has 1 saturated carbocycles. The van der Waals surface area contributed by atoms with Gasteiger partial charge in [0.15, 0.2) is 0 Å². The van der Waals surface area contributed by atoms with Crippen LogP contribution in [0, 0.1) is 5.92 Å². The predicted octanol–water partition coefficient (Wildman–Crippen LogP) is 1.66. The molecular formula is C14H22N2O2S. The normalized spacial score (nSPS) is 22.5. The maximum Gasteiger partial charge on any atom is 0.241 e. The molecule has 1 aromatic rings. The molecule has 2 unspecified atom stereocenters. The minimum atomic E-state index is -3.39. The Hall–Kier alpha value is -0.910. The molecule has 106 valence electrons. The third-order valence-electron chi connectivity index (χ3n) is 3.60. The zero-order chi connectivity index (χ0) is 14.0. The first-order chi connectivity index (χ1) is 8.97. The number of rotatable bonds is 6. The molecule has 2 N–H and O–H groups in total. The first-order valence-electron chi connectivity index (χ1n) is 6.76. The highest BCUT2D eigenvalue weighted by molar-refractivity contribution is 7.89. The van der Waals surface area contributed by atoms with E-state index in [4.69, 9.17) is 0 Å². The van der Waals surface area contributed by atoms with Gasteiger partial charge < -0.3 is 5.32 Å². The molecular weight excluding hydrogens is 260 g/mol. The Morgan fingerprint density at radius 3 is 2.58 bits per heavy atom. The lowest BCUT2D eigenvalue weighted by atomic mass is 10.1. The van der Waals surface area contributed by atoms with E-state index in [1.165, 1.54) is 0 Å². The van der Waals surface area contributed by atoms with Gasteiger partial charge in [-0.15, -0.1) is 0 Å². The van der Waals surface area contributed by atoms with Gasteiger partial charge in [0.25, 0.3) is 0 Å². The van der Waals surface area contributed by atoms with Crippen molar-refractivity contribution in [2.75, 3.05) is 7.05 Å².